The Morgan fingerprint density at radius 1 is 1.24 bits per heavy atom. The highest BCUT2D eigenvalue weighted by Crippen LogP contribution is 2.64. The van der Waals surface area contributed by atoms with E-state index in [0.717, 1.165) is 16.8 Å². The number of fused-ring (bicyclic) bond motifs is 1. The zero-order valence-electron chi connectivity index (χ0n) is 22.8. The van der Waals surface area contributed by atoms with Crippen LogP contribution in [0.1, 0.15) is 50.2 Å². The van der Waals surface area contributed by atoms with Gasteiger partial charge in [-0.05, 0) is 63.1 Å². The number of amides is 2. The van der Waals surface area contributed by atoms with E-state index >= 15 is 0 Å². The molecule has 1 aromatic rings. The van der Waals surface area contributed by atoms with Crippen LogP contribution in [0.5, 0.6) is 0 Å². The molecule has 3 saturated heterocycles. The molecule has 2 unspecified atom stereocenters. The van der Waals surface area contributed by atoms with E-state index in [1.807, 2.05) is 39.0 Å². The number of esters is 1. The molecule has 8 nitrogen and oxygen atoms in total. The minimum absolute atomic E-state index is 0.00770. The van der Waals surface area contributed by atoms with Crippen molar-refractivity contribution in [3.8, 4) is 0 Å². The smallest absolute Gasteiger partial charge is 0.313 e. The van der Waals surface area contributed by atoms with Crippen molar-refractivity contribution in [2.45, 2.75) is 70.1 Å². The van der Waals surface area contributed by atoms with Crippen LogP contribution < -0.4 is 4.90 Å². The predicted molar refractivity (Wildman–Crippen MR) is 144 cm³/mol. The number of ether oxygens (including phenoxy) is 2. The first-order valence-corrected chi connectivity index (χ1v) is 13.6. The monoisotopic (exact) mass is 524 g/mol. The van der Waals surface area contributed by atoms with Crippen LogP contribution in [0.25, 0.3) is 0 Å². The van der Waals surface area contributed by atoms with E-state index < -0.39 is 35.0 Å². The van der Waals surface area contributed by atoms with Gasteiger partial charge in [0.05, 0.1) is 11.5 Å². The molecule has 1 aromatic carbocycles. The Bertz CT molecular complexity index is 1120. The van der Waals surface area contributed by atoms with Gasteiger partial charge in [-0.25, -0.2) is 0 Å². The van der Waals surface area contributed by atoms with Crippen LogP contribution in [0.4, 0.5) is 5.69 Å². The molecular weight excluding hydrogens is 484 g/mol. The molecule has 2 amide bonds. The number of hydrogen-bond acceptors (Lipinski definition) is 6. The summed E-state index contributed by atoms with van der Waals surface area (Å²) in [5.41, 5.74) is 0.731. The molecule has 3 aliphatic heterocycles. The summed E-state index contributed by atoms with van der Waals surface area (Å²) in [6.07, 6.45) is 5.82. The first-order valence-electron chi connectivity index (χ1n) is 13.6. The van der Waals surface area contributed by atoms with E-state index in [2.05, 4.69) is 13.2 Å². The quantitative estimate of drug-likeness (QED) is 0.256. The van der Waals surface area contributed by atoms with Crippen LogP contribution in [0.15, 0.2) is 43.5 Å². The van der Waals surface area contributed by atoms with Crippen molar-refractivity contribution in [2.75, 3.05) is 31.2 Å². The maximum absolute atomic E-state index is 14.6. The molecule has 1 N–H and O–H groups in total. The van der Waals surface area contributed by atoms with Gasteiger partial charge >= 0.3 is 5.97 Å². The topological polar surface area (TPSA) is 96.4 Å². The molecule has 0 radical (unpaired) electrons. The SMILES string of the molecule is C=CCOC(=O)[C@@H]1[C@H]2C(=O)N(CCCCO)C(C(=O)N(CC=C)c3cc(C)ccc3C)C23CC[C@@]1(CC)O3. The van der Waals surface area contributed by atoms with E-state index in [9.17, 15) is 19.5 Å². The average molecular weight is 525 g/mol. The Kier molecular flexibility index (Phi) is 8.14. The first kappa shape index (κ1) is 28.0. The number of benzene rings is 1. The lowest BCUT2D eigenvalue weighted by atomic mass is 9.65. The van der Waals surface area contributed by atoms with Crippen molar-refractivity contribution < 1.29 is 29.0 Å². The third kappa shape index (κ3) is 4.37. The van der Waals surface area contributed by atoms with Crippen molar-refractivity contribution in [3.05, 3.63) is 54.6 Å². The predicted octanol–water partition coefficient (Wildman–Crippen LogP) is 3.48. The summed E-state index contributed by atoms with van der Waals surface area (Å²) in [7, 11) is 0. The highest BCUT2D eigenvalue weighted by molar-refractivity contribution is 6.05. The highest BCUT2D eigenvalue weighted by Gasteiger charge is 2.79. The van der Waals surface area contributed by atoms with Gasteiger partial charge in [-0.2, -0.15) is 0 Å². The minimum atomic E-state index is -1.13. The molecule has 0 aromatic heterocycles. The van der Waals surface area contributed by atoms with E-state index in [4.69, 9.17) is 9.47 Å². The fourth-order valence-corrected chi connectivity index (χ4v) is 6.82. The van der Waals surface area contributed by atoms with Gasteiger partial charge in [-0.15, -0.1) is 6.58 Å². The molecule has 3 heterocycles. The van der Waals surface area contributed by atoms with Crippen molar-refractivity contribution in [2.24, 2.45) is 11.8 Å². The summed E-state index contributed by atoms with van der Waals surface area (Å²) in [6.45, 7) is 14.0. The van der Waals surface area contributed by atoms with E-state index in [1.54, 1.807) is 15.9 Å². The van der Waals surface area contributed by atoms with Crippen molar-refractivity contribution in [3.63, 3.8) is 0 Å². The second kappa shape index (κ2) is 11.0. The molecule has 0 aliphatic carbocycles. The molecule has 3 aliphatic rings. The summed E-state index contributed by atoms with van der Waals surface area (Å²) in [5.74, 6) is -2.57. The molecule has 8 heteroatoms. The molecule has 5 atom stereocenters. The largest absolute Gasteiger partial charge is 0.461 e. The van der Waals surface area contributed by atoms with E-state index in [0.29, 0.717) is 38.6 Å². The number of aliphatic hydroxyl groups is 1. The van der Waals surface area contributed by atoms with Crippen LogP contribution in [-0.2, 0) is 23.9 Å². The van der Waals surface area contributed by atoms with E-state index in [1.165, 1.54) is 6.08 Å². The standard InChI is InChI=1S/C30H40N2O6/c1-6-15-31(22-19-20(4)11-12-21(22)5)27(35)25-30-14-13-29(8-3,38-30)24(28(36)37-18-7-2)23(30)26(34)32(25)16-9-10-17-33/h6-7,11-12,19,23-25,33H,1-2,8-10,13-18H2,3-5H3/t23-,24-,25?,29+,30?/m0/s1. The van der Waals surface area contributed by atoms with Crippen LogP contribution in [-0.4, -0.2) is 71.3 Å². The Hall–Kier alpha value is -2.97. The summed E-state index contributed by atoms with van der Waals surface area (Å²) in [4.78, 5) is 45.4. The zero-order chi connectivity index (χ0) is 27.7. The Morgan fingerprint density at radius 3 is 2.66 bits per heavy atom. The van der Waals surface area contributed by atoms with Crippen molar-refractivity contribution in [1.82, 2.24) is 4.90 Å². The van der Waals surface area contributed by atoms with Crippen LogP contribution in [0, 0.1) is 25.7 Å². The fraction of sp³-hybridized carbons (Fsp3) is 0.567. The van der Waals surface area contributed by atoms with Gasteiger partial charge in [0.15, 0.2) is 0 Å². The highest BCUT2D eigenvalue weighted by atomic mass is 16.6. The number of hydrogen-bond donors (Lipinski definition) is 1. The third-order valence-corrected chi connectivity index (χ3v) is 8.55. The first-order chi connectivity index (χ1) is 18.2. The third-order valence-electron chi connectivity index (χ3n) is 8.55. The number of aryl methyl sites for hydroxylation is 2. The maximum Gasteiger partial charge on any atom is 0.313 e. The van der Waals surface area contributed by atoms with Crippen LogP contribution in [0.3, 0.4) is 0 Å². The number of carbonyl (C=O) groups excluding carboxylic acids is 3. The summed E-state index contributed by atoms with van der Waals surface area (Å²) in [6, 6.07) is 5.04. The van der Waals surface area contributed by atoms with Gasteiger partial charge in [-0.1, -0.05) is 37.8 Å². The minimum Gasteiger partial charge on any atom is -0.461 e. The molecule has 206 valence electrons. The molecule has 3 fully saturated rings. The second-order valence-electron chi connectivity index (χ2n) is 10.7. The Morgan fingerprint density at radius 2 is 2.00 bits per heavy atom. The Balaban J connectivity index is 1.81. The Labute approximate surface area is 225 Å². The normalized spacial score (nSPS) is 29.3. The van der Waals surface area contributed by atoms with Crippen LogP contribution in [0.2, 0.25) is 0 Å². The van der Waals surface area contributed by atoms with Crippen LogP contribution >= 0.6 is 0 Å². The molecular formula is C30H40N2O6. The molecule has 4 rings (SSSR count). The van der Waals surface area contributed by atoms with E-state index in [-0.39, 0.29) is 31.6 Å². The molecule has 1 spiro atoms. The number of likely N-dealkylation sites (tertiary alicyclic amines) is 1. The van der Waals surface area contributed by atoms with Gasteiger partial charge in [0, 0.05) is 25.4 Å². The van der Waals surface area contributed by atoms with Gasteiger partial charge in [0.1, 0.15) is 24.2 Å². The average Bonchev–Trinajstić information content (AvgIpc) is 3.51. The molecule has 38 heavy (non-hydrogen) atoms. The lowest BCUT2D eigenvalue weighted by Crippen LogP contribution is -2.56. The number of anilines is 1. The van der Waals surface area contributed by atoms with Gasteiger partial charge in [0.25, 0.3) is 5.91 Å². The summed E-state index contributed by atoms with van der Waals surface area (Å²) < 4.78 is 12.3. The number of aliphatic hydroxyl groups excluding tert-OH is 1. The zero-order valence-corrected chi connectivity index (χ0v) is 22.8. The summed E-state index contributed by atoms with van der Waals surface area (Å²) >= 11 is 0. The lowest BCUT2D eigenvalue weighted by Gasteiger charge is -2.37. The second-order valence-corrected chi connectivity index (χ2v) is 10.7. The van der Waals surface area contributed by atoms with Gasteiger partial charge < -0.3 is 24.4 Å². The van der Waals surface area contributed by atoms with Gasteiger partial charge in [-0.3, -0.25) is 14.4 Å². The van der Waals surface area contributed by atoms with Crippen molar-refractivity contribution in [1.29, 1.82) is 0 Å². The number of nitrogens with zero attached hydrogens (tertiary/aromatic N) is 2. The fourth-order valence-electron chi connectivity index (χ4n) is 6.82. The number of rotatable bonds is 12. The number of unbranched alkanes of at least 4 members (excludes halogenated alkanes) is 1. The molecule has 2 bridgehead atoms. The van der Waals surface area contributed by atoms with Crippen molar-refractivity contribution >= 4 is 23.5 Å². The lowest BCUT2D eigenvalue weighted by molar-refractivity contribution is -0.159. The number of carbonyl (C=O) groups is 3. The van der Waals surface area contributed by atoms with Gasteiger partial charge in [0.2, 0.25) is 5.91 Å². The molecule has 0 saturated carbocycles. The maximum atomic E-state index is 14.6. The summed E-state index contributed by atoms with van der Waals surface area (Å²) in [5, 5.41) is 9.39.